The van der Waals surface area contributed by atoms with Crippen LogP contribution >= 0.6 is 0 Å². The molecule has 3 heteroatoms. The molecule has 1 heterocycles. The Morgan fingerprint density at radius 1 is 1.33 bits per heavy atom. The van der Waals surface area contributed by atoms with Crippen molar-refractivity contribution in [2.45, 2.75) is 6.92 Å². The first-order valence-electron chi connectivity index (χ1n) is 4.58. The molecule has 0 aliphatic carbocycles. The SMILES string of the molecule is CC(=O)c1nc2ccccc2cc1C=O. The van der Waals surface area contributed by atoms with Gasteiger partial charge in [-0.25, -0.2) is 4.98 Å². The van der Waals surface area contributed by atoms with Crippen LogP contribution in [0.4, 0.5) is 0 Å². The minimum atomic E-state index is -0.192. The second-order valence-corrected chi connectivity index (χ2v) is 3.29. The second-order valence-electron chi connectivity index (χ2n) is 3.29. The van der Waals surface area contributed by atoms with Gasteiger partial charge in [0, 0.05) is 17.9 Å². The van der Waals surface area contributed by atoms with Crippen LogP contribution in [0, 0.1) is 0 Å². The smallest absolute Gasteiger partial charge is 0.178 e. The van der Waals surface area contributed by atoms with Gasteiger partial charge in [-0.2, -0.15) is 0 Å². The van der Waals surface area contributed by atoms with Gasteiger partial charge in [-0.05, 0) is 12.1 Å². The molecule has 0 amide bonds. The maximum Gasteiger partial charge on any atom is 0.178 e. The molecule has 1 aromatic heterocycles. The highest BCUT2D eigenvalue weighted by Gasteiger charge is 2.09. The molecule has 3 nitrogen and oxygen atoms in total. The lowest BCUT2D eigenvalue weighted by molar-refractivity contribution is 0.100. The molecule has 0 atom stereocenters. The normalized spacial score (nSPS) is 10.2. The number of aromatic nitrogens is 1. The summed E-state index contributed by atoms with van der Waals surface area (Å²) in [6.45, 7) is 1.41. The zero-order chi connectivity index (χ0) is 10.8. The number of rotatable bonds is 2. The van der Waals surface area contributed by atoms with Gasteiger partial charge < -0.3 is 0 Å². The van der Waals surface area contributed by atoms with E-state index < -0.39 is 0 Å². The maximum atomic E-state index is 11.2. The summed E-state index contributed by atoms with van der Waals surface area (Å²) >= 11 is 0. The van der Waals surface area contributed by atoms with Crippen molar-refractivity contribution in [3.05, 3.63) is 41.6 Å². The van der Waals surface area contributed by atoms with E-state index in [4.69, 9.17) is 0 Å². The van der Waals surface area contributed by atoms with Gasteiger partial charge in [-0.15, -0.1) is 0 Å². The lowest BCUT2D eigenvalue weighted by Gasteiger charge is -2.02. The summed E-state index contributed by atoms with van der Waals surface area (Å²) < 4.78 is 0. The van der Waals surface area contributed by atoms with E-state index in [9.17, 15) is 9.59 Å². The van der Waals surface area contributed by atoms with E-state index in [1.807, 2.05) is 24.3 Å². The summed E-state index contributed by atoms with van der Waals surface area (Å²) in [5, 5.41) is 0.865. The highest BCUT2D eigenvalue weighted by atomic mass is 16.1. The van der Waals surface area contributed by atoms with Gasteiger partial charge >= 0.3 is 0 Å². The molecular weight excluding hydrogens is 190 g/mol. The van der Waals surface area contributed by atoms with Crippen molar-refractivity contribution in [2.75, 3.05) is 0 Å². The Balaban J connectivity index is 2.80. The molecule has 15 heavy (non-hydrogen) atoms. The number of benzene rings is 1. The predicted molar refractivity (Wildman–Crippen MR) is 57.1 cm³/mol. The summed E-state index contributed by atoms with van der Waals surface area (Å²) in [7, 11) is 0. The van der Waals surface area contributed by atoms with E-state index in [0.717, 1.165) is 10.9 Å². The third-order valence-electron chi connectivity index (χ3n) is 2.21. The van der Waals surface area contributed by atoms with Gasteiger partial charge in [0.1, 0.15) is 5.69 Å². The number of para-hydroxylation sites is 1. The highest BCUT2D eigenvalue weighted by Crippen LogP contribution is 2.15. The first kappa shape index (κ1) is 9.52. The Labute approximate surface area is 86.8 Å². The number of carbonyl (C=O) groups is 2. The topological polar surface area (TPSA) is 47.0 Å². The molecule has 0 saturated heterocycles. The van der Waals surface area contributed by atoms with Crippen LogP contribution < -0.4 is 0 Å². The fourth-order valence-corrected chi connectivity index (χ4v) is 1.50. The molecule has 2 aromatic rings. The van der Waals surface area contributed by atoms with Gasteiger partial charge in [0.15, 0.2) is 12.1 Å². The lowest BCUT2D eigenvalue weighted by atomic mass is 10.1. The van der Waals surface area contributed by atoms with Crippen molar-refractivity contribution in [1.82, 2.24) is 4.98 Å². The van der Waals surface area contributed by atoms with Gasteiger partial charge in [0.05, 0.1) is 5.52 Å². The molecule has 74 valence electrons. The maximum absolute atomic E-state index is 11.2. The van der Waals surface area contributed by atoms with Gasteiger partial charge in [0.2, 0.25) is 0 Å². The molecule has 0 saturated carbocycles. The van der Waals surface area contributed by atoms with Crippen molar-refractivity contribution in [2.24, 2.45) is 0 Å². The van der Waals surface area contributed by atoms with Crippen LogP contribution in [-0.2, 0) is 0 Å². The van der Waals surface area contributed by atoms with Crippen LogP contribution in [0.15, 0.2) is 30.3 Å². The fourth-order valence-electron chi connectivity index (χ4n) is 1.50. The monoisotopic (exact) mass is 199 g/mol. The van der Waals surface area contributed by atoms with Crippen LogP contribution in [0.3, 0.4) is 0 Å². The fraction of sp³-hybridized carbons (Fsp3) is 0.0833. The third-order valence-corrected chi connectivity index (χ3v) is 2.21. The van der Waals surface area contributed by atoms with Crippen molar-refractivity contribution < 1.29 is 9.59 Å². The molecule has 0 spiro atoms. The van der Waals surface area contributed by atoms with Gasteiger partial charge in [-0.3, -0.25) is 9.59 Å². The van der Waals surface area contributed by atoms with Crippen LogP contribution in [0.25, 0.3) is 10.9 Å². The molecule has 0 unspecified atom stereocenters. The highest BCUT2D eigenvalue weighted by molar-refractivity contribution is 6.02. The number of carbonyl (C=O) groups excluding carboxylic acids is 2. The van der Waals surface area contributed by atoms with E-state index in [1.54, 1.807) is 6.07 Å². The number of nitrogens with zero attached hydrogens (tertiary/aromatic N) is 1. The molecule has 0 N–H and O–H groups in total. The zero-order valence-electron chi connectivity index (χ0n) is 8.23. The van der Waals surface area contributed by atoms with Gasteiger partial charge in [-0.1, -0.05) is 18.2 Å². The Bertz CT molecular complexity index is 546. The number of hydrogen-bond donors (Lipinski definition) is 0. The van der Waals surface area contributed by atoms with E-state index >= 15 is 0 Å². The molecular formula is C12H9NO2. The lowest BCUT2D eigenvalue weighted by Crippen LogP contribution is -2.02. The van der Waals surface area contributed by atoms with Crippen LogP contribution in [0.1, 0.15) is 27.8 Å². The molecule has 0 bridgehead atoms. The largest absolute Gasteiger partial charge is 0.298 e. The number of aldehydes is 1. The van der Waals surface area contributed by atoms with E-state index in [2.05, 4.69) is 4.98 Å². The summed E-state index contributed by atoms with van der Waals surface area (Å²) in [5.41, 5.74) is 1.32. The minimum Gasteiger partial charge on any atom is -0.298 e. The van der Waals surface area contributed by atoms with Crippen molar-refractivity contribution >= 4 is 23.0 Å². The predicted octanol–water partition coefficient (Wildman–Crippen LogP) is 2.25. The van der Waals surface area contributed by atoms with Crippen molar-refractivity contribution in [3.63, 3.8) is 0 Å². The molecule has 0 radical (unpaired) electrons. The number of ketones is 1. The van der Waals surface area contributed by atoms with Gasteiger partial charge in [0.25, 0.3) is 0 Å². The average molecular weight is 199 g/mol. The minimum absolute atomic E-state index is 0.192. The Kier molecular flexibility index (Phi) is 2.29. The van der Waals surface area contributed by atoms with Crippen molar-refractivity contribution in [1.29, 1.82) is 0 Å². The summed E-state index contributed by atoms with van der Waals surface area (Å²) in [6.07, 6.45) is 0.663. The third kappa shape index (κ3) is 1.64. The number of pyridine rings is 1. The Morgan fingerprint density at radius 3 is 2.73 bits per heavy atom. The number of hydrogen-bond acceptors (Lipinski definition) is 3. The number of fused-ring (bicyclic) bond motifs is 1. The average Bonchev–Trinajstić information content (AvgIpc) is 2.27. The van der Waals surface area contributed by atoms with Crippen LogP contribution in [0.5, 0.6) is 0 Å². The number of Topliss-reactive ketones (excluding diaryl/α,β-unsaturated/α-hetero) is 1. The zero-order valence-corrected chi connectivity index (χ0v) is 8.23. The Hall–Kier alpha value is -2.03. The summed E-state index contributed by atoms with van der Waals surface area (Å²) in [4.78, 5) is 26.2. The van der Waals surface area contributed by atoms with E-state index in [-0.39, 0.29) is 11.5 Å². The van der Waals surface area contributed by atoms with E-state index in [1.165, 1.54) is 6.92 Å². The van der Waals surface area contributed by atoms with Crippen LogP contribution in [-0.4, -0.2) is 17.1 Å². The summed E-state index contributed by atoms with van der Waals surface area (Å²) in [5.74, 6) is -0.192. The van der Waals surface area contributed by atoms with Crippen LogP contribution in [0.2, 0.25) is 0 Å². The standard InChI is InChI=1S/C12H9NO2/c1-8(15)12-10(7-14)6-9-4-2-3-5-11(9)13-12/h2-7H,1H3. The van der Waals surface area contributed by atoms with E-state index in [0.29, 0.717) is 11.8 Å². The first-order chi connectivity index (χ1) is 7.22. The molecule has 0 aliphatic heterocycles. The molecule has 1 aromatic carbocycles. The Morgan fingerprint density at radius 2 is 2.07 bits per heavy atom. The summed E-state index contributed by atoms with van der Waals surface area (Å²) in [6, 6.07) is 9.08. The quantitative estimate of drug-likeness (QED) is 0.550. The molecule has 0 aliphatic rings. The van der Waals surface area contributed by atoms with Crippen molar-refractivity contribution in [3.8, 4) is 0 Å². The molecule has 0 fully saturated rings. The molecule has 2 rings (SSSR count). The first-order valence-corrected chi connectivity index (χ1v) is 4.58. The second kappa shape index (κ2) is 3.61.